The van der Waals surface area contributed by atoms with Crippen molar-refractivity contribution in [1.82, 2.24) is 0 Å². The van der Waals surface area contributed by atoms with E-state index in [9.17, 15) is 8.42 Å². The lowest BCUT2D eigenvalue weighted by Crippen LogP contribution is -2.17. The molecule has 78 valence electrons. The normalized spacial score (nSPS) is 13.9. The van der Waals surface area contributed by atoms with Gasteiger partial charge in [-0.15, -0.1) is 0 Å². The lowest BCUT2D eigenvalue weighted by molar-refractivity contribution is 0.218. The van der Waals surface area contributed by atoms with Crippen molar-refractivity contribution in [2.75, 3.05) is 5.75 Å². The van der Waals surface area contributed by atoms with E-state index in [0.717, 1.165) is 5.56 Å². The van der Waals surface area contributed by atoms with Gasteiger partial charge in [0.2, 0.25) is 0 Å². The van der Waals surface area contributed by atoms with E-state index in [4.69, 9.17) is 5.11 Å². The quantitative estimate of drug-likeness (QED) is 0.821. The van der Waals surface area contributed by atoms with E-state index in [2.05, 4.69) is 0 Å². The van der Waals surface area contributed by atoms with Gasteiger partial charge in [-0.1, -0.05) is 17.7 Å². The van der Waals surface area contributed by atoms with Gasteiger partial charge in [-0.3, -0.25) is 0 Å². The van der Waals surface area contributed by atoms with Gasteiger partial charge < -0.3 is 5.11 Å². The zero-order valence-electron chi connectivity index (χ0n) is 8.27. The molecule has 0 radical (unpaired) electrons. The van der Waals surface area contributed by atoms with Crippen LogP contribution in [-0.2, 0) is 9.84 Å². The van der Waals surface area contributed by atoms with Crippen LogP contribution in [0.1, 0.15) is 12.5 Å². The Morgan fingerprint density at radius 1 is 1.29 bits per heavy atom. The largest absolute Gasteiger partial charge is 0.392 e. The first-order valence-corrected chi connectivity index (χ1v) is 6.04. The van der Waals surface area contributed by atoms with Gasteiger partial charge in [-0.2, -0.15) is 0 Å². The van der Waals surface area contributed by atoms with Crippen LogP contribution in [0.3, 0.4) is 0 Å². The van der Waals surface area contributed by atoms with Gasteiger partial charge in [-0.05, 0) is 26.0 Å². The Kier molecular flexibility index (Phi) is 3.29. The van der Waals surface area contributed by atoms with Crippen LogP contribution >= 0.6 is 0 Å². The van der Waals surface area contributed by atoms with Crippen molar-refractivity contribution in [2.24, 2.45) is 0 Å². The fourth-order valence-corrected chi connectivity index (χ4v) is 2.54. The molecule has 1 aromatic rings. The van der Waals surface area contributed by atoms with E-state index < -0.39 is 15.9 Å². The Bertz CT molecular complexity index is 390. The molecule has 14 heavy (non-hydrogen) atoms. The number of aliphatic hydroxyl groups is 1. The van der Waals surface area contributed by atoms with Crippen molar-refractivity contribution in [1.29, 1.82) is 0 Å². The SMILES string of the molecule is Cc1ccc(S(=O)(=O)C[C@H](C)O)cc1. The molecular weight excluding hydrogens is 200 g/mol. The van der Waals surface area contributed by atoms with Crippen LogP contribution in [-0.4, -0.2) is 25.4 Å². The molecule has 0 aromatic heterocycles. The third-order valence-corrected chi connectivity index (χ3v) is 3.75. The summed E-state index contributed by atoms with van der Waals surface area (Å²) in [6.07, 6.45) is -0.832. The average molecular weight is 214 g/mol. The van der Waals surface area contributed by atoms with Crippen molar-refractivity contribution >= 4 is 9.84 Å². The molecule has 0 aliphatic rings. The van der Waals surface area contributed by atoms with Gasteiger partial charge in [-0.25, -0.2) is 8.42 Å². The Morgan fingerprint density at radius 3 is 2.21 bits per heavy atom. The van der Waals surface area contributed by atoms with E-state index in [1.807, 2.05) is 6.92 Å². The van der Waals surface area contributed by atoms with E-state index in [-0.39, 0.29) is 10.6 Å². The van der Waals surface area contributed by atoms with Crippen molar-refractivity contribution < 1.29 is 13.5 Å². The lowest BCUT2D eigenvalue weighted by Gasteiger charge is -2.06. The Morgan fingerprint density at radius 2 is 1.79 bits per heavy atom. The molecule has 1 aromatic carbocycles. The third kappa shape index (κ3) is 2.82. The highest BCUT2D eigenvalue weighted by molar-refractivity contribution is 7.91. The zero-order chi connectivity index (χ0) is 10.8. The van der Waals surface area contributed by atoms with Gasteiger partial charge in [0.15, 0.2) is 9.84 Å². The first-order valence-electron chi connectivity index (χ1n) is 4.39. The summed E-state index contributed by atoms with van der Waals surface area (Å²) in [4.78, 5) is 0.268. The van der Waals surface area contributed by atoms with Crippen LogP contribution in [0, 0.1) is 6.92 Å². The highest BCUT2D eigenvalue weighted by atomic mass is 32.2. The summed E-state index contributed by atoms with van der Waals surface area (Å²) in [6, 6.07) is 6.62. The Labute approximate surface area is 84.3 Å². The van der Waals surface area contributed by atoms with Gasteiger partial charge in [0.05, 0.1) is 16.8 Å². The summed E-state index contributed by atoms with van der Waals surface area (Å²) >= 11 is 0. The minimum absolute atomic E-state index is 0.226. The summed E-state index contributed by atoms with van der Waals surface area (Å²) < 4.78 is 23.2. The third-order valence-electron chi connectivity index (χ3n) is 1.84. The molecule has 1 atom stereocenters. The maximum atomic E-state index is 11.6. The van der Waals surface area contributed by atoms with E-state index in [0.29, 0.717) is 0 Å². The van der Waals surface area contributed by atoms with Crippen molar-refractivity contribution in [3.63, 3.8) is 0 Å². The first-order chi connectivity index (χ1) is 6.42. The Balaban J connectivity index is 2.99. The molecule has 0 bridgehead atoms. The van der Waals surface area contributed by atoms with Crippen molar-refractivity contribution in [3.05, 3.63) is 29.8 Å². The number of aliphatic hydroxyl groups excluding tert-OH is 1. The first kappa shape index (κ1) is 11.2. The van der Waals surface area contributed by atoms with Crippen molar-refractivity contribution in [3.8, 4) is 0 Å². The van der Waals surface area contributed by atoms with Crippen molar-refractivity contribution in [2.45, 2.75) is 24.8 Å². The maximum absolute atomic E-state index is 11.6. The molecule has 0 spiro atoms. The molecule has 0 amide bonds. The second kappa shape index (κ2) is 4.11. The molecule has 3 nitrogen and oxygen atoms in total. The number of sulfone groups is 1. The number of rotatable bonds is 3. The van der Waals surface area contributed by atoms with Crippen LogP contribution in [0.5, 0.6) is 0 Å². The summed E-state index contributed by atoms with van der Waals surface area (Å²) in [7, 11) is -3.33. The average Bonchev–Trinajstić information content (AvgIpc) is 2.02. The molecule has 0 aliphatic heterocycles. The number of hydrogen-bond donors (Lipinski definition) is 1. The highest BCUT2D eigenvalue weighted by Crippen LogP contribution is 2.12. The van der Waals surface area contributed by atoms with Gasteiger partial charge in [0.25, 0.3) is 0 Å². The van der Waals surface area contributed by atoms with Gasteiger partial charge >= 0.3 is 0 Å². The van der Waals surface area contributed by atoms with Crippen LogP contribution in [0.25, 0.3) is 0 Å². The topological polar surface area (TPSA) is 54.4 Å². The standard InChI is InChI=1S/C10H14O3S/c1-8-3-5-10(6-4-8)14(12,13)7-9(2)11/h3-6,9,11H,7H2,1-2H3/t9-/m0/s1. The molecule has 1 N–H and O–H groups in total. The molecular formula is C10H14O3S. The van der Waals surface area contributed by atoms with E-state index in [1.54, 1.807) is 24.3 Å². The maximum Gasteiger partial charge on any atom is 0.180 e. The van der Waals surface area contributed by atoms with Gasteiger partial charge in [0.1, 0.15) is 0 Å². The minimum Gasteiger partial charge on any atom is -0.392 e. The predicted molar refractivity (Wildman–Crippen MR) is 54.9 cm³/mol. The number of benzene rings is 1. The molecule has 0 fully saturated rings. The molecule has 0 heterocycles. The molecule has 0 aliphatic carbocycles. The van der Waals surface area contributed by atoms with Crippen LogP contribution in [0.15, 0.2) is 29.2 Å². The zero-order valence-corrected chi connectivity index (χ0v) is 9.08. The number of aryl methyl sites for hydroxylation is 1. The van der Waals surface area contributed by atoms with Crippen LogP contribution in [0.2, 0.25) is 0 Å². The predicted octanol–water partition coefficient (Wildman–Crippen LogP) is 1.15. The summed E-state index contributed by atoms with van der Waals surface area (Å²) in [5.74, 6) is -0.226. The summed E-state index contributed by atoms with van der Waals surface area (Å²) in [5, 5.41) is 9.02. The smallest absolute Gasteiger partial charge is 0.180 e. The van der Waals surface area contributed by atoms with E-state index >= 15 is 0 Å². The molecule has 0 saturated carbocycles. The summed E-state index contributed by atoms with van der Waals surface area (Å²) in [6.45, 7) is 3.36. The highest BCUT2D eigenvalue weighted by Gasteiger charge is 2.16. The minimum atomic E-state index is -3.33. The second-order valence-corrected chi connectivity index (χ2v) is 5.48. The number of hydrogen-bond acceptors (Lipinski definition) is 3. The van der Waals surface area contributed by atoms with Crippen LogP contribution < -0.4 is 0 Å². The Hall–Kier alpha value is -0.870. The molecule has 1 rings (SSSR count). The summed E-state index contributed by atoms with van der Waals surface area (Å²) in [5.41, 5.74) is 1.01. The monoisotopic (exact) mass is 214 g/mol. The van der Waals surface area contributed by atoms with Gasteiger partial charge in [0, 0.05) is 0 Å². The lowest BCUT2D eigenvalue weighted by atomic mass is 10.2. The fourth-order valence-electron chi connectivity index (χ4n) is 1.16. The second-order valence-electron chi connectivity index (χ2n) is 3.44. The van der Waals surface area contributed by atoms with E-state index in [1.165, 1.54) is 6.92 Å². The molecule has 4 heteroatoms. The van der Waals surface area contributed by atoms with Crippen LogP contribution in [0.4, 0.5) is 0 Å². The molecule has 0 unspecified atom stereocenters. The fraction of sp³-hybridized carbons (Fsp3) is 0.400. The molecule has 0 saturated heterocycles.